The van der Waals surface area contributed by atoms with Gasteiger partial charge in [0.05, 0.1) is 89.5 Å². The van der Waals surface area contributed by atoms with Crippen molar-refractivity contribution in [2.75, 3.05) is 52.9 Å². The van der Waals surface area contributed by atoms with Gasteiger partial charge in [-0.25, -0.2) is 0 Å². The lowest BCUT2D eigenvalue weighted by atomic mass is 9.89. The molecule has 0 aromatic rings. The van der Waals surface area contributed by atoms with Crippen LogP contribution in [0.4, 0.5) is 0 Å². The first kappa shape index (κ1) is 59.5. The molecule has 0 fully saturated rings. The molecule has 0 saturated carbocycles. The fraction of sp³-hybridized carbons (Fsp3) is 1.00. The van der Waals surface area contributed by atoms with Crippen molar-refractivity contribution in [1.29, 1.82) is 0 Å². The summed E-state index contributed by atoms with van der Waals surface area (Å²) in [6, 6.07) is 0. The SMILES string of the molecule is CC(C)(C)CC(O)COCC(OCC(O)CC(C)(C)C)C(OCC(O)CC(C)(C)C)C(OCC(O)CC(C)(C)C)C(COCC(O)CC(C)(C)C)OCC(O)CC(C)(C)C. The highest BCUT2D eigenvalue weighted by Crippen LogP contribution is 2.29. The zero-order valence-electron chi connectivity index (χ0n) is 41.8. The van der Waals surface area contributed by atoms with Crippen LogP contribution >= 0.6 is 0 Å². The summed E-state index contributed by atoms with van der Waals surface area (Å²) in [5.74, 6) is 0. The average molecular weight is 867 g/mol. The van der Waals surface area contributed by atoms with E-state index in [-0.39, 0.29) is 85.3 Å². The van der Waals surface area contributed by atoms with Crippen LogP contribution in [0.3, 0.4) is 0 Å². The minimum atomic E-state index is -1.03. The average Bonchev–Trinajstić information content (AvgIpc) is 2.97. The summed E-state index contributed by atoms with van der Waals surface area (Å²) in [6.07, 6.45) is -5.99. The van der Waals surface area contributed by atoms with Crippen molar-refractivity contribution in [1.82, 2.24) is 0 Å². The fourth-order valence-electron chi connectivity index (χ4n) is 7.45. The van der Waals surface area contributed by atoms with E-state index in [0.717, 1.165) is 0 Å². The molecule has 0 saturated heterocycles. The molecule has 362 valence electrons. The largest absolute Gasteiger partial charge is 0.391 e. The third kappa shape index (κ3) is 34.0. The van der Waals surface area contributed by atoms with Crippen LogP contribution in [0.2, 0.25) is 0 Å². The zero-order chi connectivity index (χ0) is 46.9. The Bertz CT molecular complexity index is 1010. The molecular formula is C48H98O12. The van der Waals surface area contributed by atoms with E-state index < -0.39 is 61.0 Å². The molecule has 0 rings (SSSR count). The van der Waals surface area contributed by atoms with E-state index in [9.17, 15) is 30.6 Å². The lowest BCUT2D eigenvalue weighted by Gasteiger charge is -2.39. The maximum atomic E-state index is 11.3. The Morgan fingerprint density at radius 3 is 0.650 bits per heavy atom. The molecule has 0 aromatic carbocycles. The second-order valence-electron chi connectivity index (χ2n) is 24.9. The van der Waals surface area contributed by atoms with Gasteiger partial charge in [0.1, 0.15) is 24.4 Å². The van der Waals surface area contributed by atoms with Gasteiger partial charge in [0.15, 0.2) is 0 Å². The normalized spacial score (nSPS) is 19.0. The minimum Gasteiger partial charge on any atom is -0.391 e. The van der Waals surface area contributed by atoms with Crippen molar-refractivity contribution in [3.63, 3.8) is 0 Å². The molecule has 12 nitrogen and oxygen atoms in total. The quantitative estimate of drug-likeness (QED) is 0.0442. The second-order valence-corrected chi connectivity index (χ2v) is 24.9. The predicted octanol–water partition coefficient (Wildman–Crippen LogP) is 7.34. The summed E-state index contributed by atoms with van der Waals surface area (Å²) in [5, 5.41) is 66.8. The first-order chi connectivity index (χ1) is 26.9. The van der Waals surface area contributed by atoms with Crippen LogP contribution in [0.15, 0.2) is 0 Å². The Balaban J connectivity index is 7.41. The van der Waals surface area contributed by atoms with Crippen LogP contribution in [-0.2, 0) is 28.4 Å². The van der Waals surface area contributed by atoms with Crippen molar-refractivity contribution < 1.29 is 59.1 Å². The number of aliphatic hydroxyl groups excluding tert-OH is 6. The highest BCUT2D eigenvalue weighted by molar-refractivity contribution is 4.89. The van der Waals surface area contributed by atoms with Crippen LogP contribution in [0.5, 0.6) is 0 Å². The van der Waals surface area contributed by atoms with Crippen molar-refractivity contribution in [3.8, 4) is 0 Å². The Kier molecular flexibility index (Phi) is 26.3. The number of hydrogen-bond acceptors (Lipinski definition) is 12. The molecule has 0 aliphatic carbocycles. The van der Waals surface area contributed by atoms with E-state index in [4.69, 9.17) is 28.4 Å². The van der Waals surface area contributed by atoms with E-state index >= 15 is 0 Å². The lowest BCUT2D eigenvalue weighted by molar-refractivity contribution is -0.217. The monoisotopic (exact) mass is 867 g/mol. The van der Waals surface area contributed by atoms with Gasteiger partial charge in [0, 0.05) is 0 Å². The Labute approximate surface area is 367 Å². The van der Waals surface area contributed by atoms with Gasteiger partial charge in [-0.05, 0) is 71.0 Å². The van der Waals surface area contributed by atoms with E-state index in [1.54, 1.807) is 0 Å². The molecule has 10 atom stereocenters. The second kappa shape index (κ2) is 26.5. The first-order valence-corrected chi connectivity index (χ1v) is 22.6. The van der Waals surface area contributed by atoms with Gasteiger partial charge in [-0.15, -0.1) is 0 Å². The number of hydrogen-bond donors (Lipinski definition) is 6. The maximum Gasteiger partial charge on any atom is 0.115 e. The molecule has 0 aromatic heterocycles. The Morgan fingerprint density at radius 1 is 0.267 bits per heavy atom. The Hall–Kier alpha value is -0.480. The summed E-state index contributed by atoms with van der Waals surface area (Å²) in [5.41, 5.74) is -1.06. The fourth-order valence-corrected chi connectivity index (χ4v) is 7.45. The standard InChI is InChI=1S/C48H98O12/c1-43(2,3)19-33(49)25-55-31-39(57-27-35(51)21-45(7,8)9)41(59-29-37(53)23-47(13,14)15)42(60-30-38(54)24-48(16,17)18)40(58-28-36(52)22-46(10,11)12)32-56-26-34(50)20-44(4,5)6/h33-42,49-54H,19-32H2,1-18H3. The number of aliphatic hydroxyl groups is 6. The van der Waals surface area contributed by atoms with Crippen molar-refractivity contribution >= 4 is 0 Å². The molecule has 12 heteroatoms. The zero-order valence-corrected chi connectivity index (χ0v) is 41.8. The highest BCUT2D eigenvalue weighted by Gasteiger charge is 2.41. The first-order valence-electron chi connectivity index (χ1n) is 22.6. The minimum absolute atomic E-state index is 0.0184. The predicted molar refractivity (Wildman–Crippen MR) is 241 cm³/mol. The summed E-state index contributed by atoms with van der Waals surface area (Å²) in [4.78, 5) is 0. The Morgan fingerprint density at radius 2 is 0.450 bits per heavy atom. The molecule has 60 heavy (non-hydrogen) atoms. The summed E-state index contributed by atoms with van der Waals surface area (Å²) in [6.45, 7) is 36.3. The molecule has 0 amide bonds. The molecule has 6 N–H and O–H groups in total. The van der Waals surface area contributed by atoms with E-state index in [2.05, 4.69) is 0 Å². The lowest BCUT2D eigenvalue weighted by Crippen LogP contribution is -2.54. The topological polar surface area (TPSA) is 177 Å². The van der Waals surface area contributed by atoms with Crippen LogP contribution in [0.25, 0.3) is 0 Å². The molecule has 0 aliphatic rings. The molecule has 0 spiro atoms. The van der Waals surface area contributed by atoms with Crippen molar-refractivity contribution in [2.45, 2.75) is 224 Å². The van der Waals surface area contributed by atoms with Gasteiger partial charge >= 0.3 is 0 Å². The van der Waals surface area contributed by atoms with Crippen LogP contribution in [0, 0.1) is 32.5 Å². The smallest absolute Gasteiger partial charge is 0.115 e. The summed E-state index contributed by atoms with van der Waals surface area (Å²) >= 11 is 0. The summed E-state index contributed by atoms with van der Waals surface area (Å²) in [7, 11) is 0. The van der Waals surface area contributed by atoms with Gasteiger partial charge in [0.2, 0.25) is 0 Å². The number of ether oxygens (including phenoxy) is 6. The van der Waals surface area contributed by atoms with Crippen molar-refractivity contribution in [3.05, 3.63) is 0 Å². The van der Waals surface area contributed by atoms with Gasteiger partial charge in [-0.2, -0.15) is 0 Å². The van der Waals surface area contributed by atoms with Crippen LogP contribution < -0.4 is 0 Å². The molecule has 10 unspecified atom stereocenters. The third-order valence-corrected chi connectivity index (χ3v) is 9.30. The van der Waals surface area contributed by atoms with Crippen LogP contribution in [-0.4, -0.2) is 145 Å². The number of rotatable bonds is 29. The molecule has 0 aliphatic heterocycles. The molecular weight excluding hydrogens is 769 g/mol. The van der Waals surface area contributed by atoms with Gasteiger partial charge < -0.3 is 59.1 Å². The van der Waals surface area contributed by atoms with Crippen LogP contribution in [0.1, 0.15) is 163 Å². The van der Waals surface area contributed by atoms with Gasteiger partial charge in [0.25, 0.3) is 0 Å². The summed E-state index contributed by atoms with van der Waals surface area (Å²) < 4.78 is 38.8. The third-order valence-electron chi connectivity index (χ3n) is 9.30. The highest BCUT2D eigenvalue weighted by atomic mass is 16.6. The van der Waals surface area contributed by atoms with Gasteiger partial charge in [-0.1, -0.05) is 125 Å². The van der Waals surface area contributed by atoms with Crippen molar-refractivity contribution in [2.24, 2.45) is 32.5 Å². The molecule has 0 bridgehead atoms. The van der Waals surface area contributed by atoms with E-state index in [1.165, 1.54) is 0 Å². The maximum absolute atomic E-state index is 11.3. The molecule has 0 radical (unpaired) electrons. The van der Waals surface area contributed by atoms with E-state index in [1.807, 2.05) is 125 Å². The molecule has 0 heterocycles. The van der Waals surface area contributed by atoms with Gasteiger partial charge in [-0.3, -0.25) is 0 Å². The van der Waals surface area contributed by atoms with E-state index in [0.29, 0.717) is 38.5 Å².